The van der Waals surface area contributed by atoms with Crippen molar-refractivity contribution in [1.29, 1.82) is 0 Å². The van der Waals surface area contributed by atoms with Crippen molar-refractivity contribution < 1.29 is 0 Å². The molecule has 0 saturated carbocycles. The van der Waals surface area contributed by atoms with Gasteiger partial charge in [-0.1, -0.05) is 24.3 Å². The van der Waals surface area contributed by atoms with E-state index in [4.69, 9.17) is 0 Å². The highest BCUT2D eigenvalue weighted by Crippen LogP contribution is 2.26. The monoisotopic (exact) mass is 319 g/mol. The smallest absolute Gasteiger partial charge is 0.133 e. The number of aromatic amines is 1. The van der Waals surface area contributed by atoms with E-state index in [1.165, 1.54) is 29.7 Å². The van der Waals surface area contributed by atoms with Gasteiger partial charge < -0.3 is 10.3 Å². The summed E-state index contributed by atoms with van der Waals surface area (Å²) in [4.78, 5) is 16.4. The molecule has 4 rings (SSSR count). The lowest BCUT2D eigenvalue weighted by molar-refractivity contribution is 0.659. The molecule has 0 unspecified atom stereocenters. The summed E-state index contributed by atoms with van der Waals surface area (Å²) in [6.07, 6.45) is 8.16. The molecule has 0 radical (unpaired) electrons. The van der Waals surface area contributed by atoms with Crippen molar-refractivity contribution in [2.24, 2.45) is 0 Å². The third-order valence-corrected chi connectivity index (χ3v) is 4.52. The van der Waals surface area contributed by atoms with Crippen molar-refractivity contribution in [2.45, 2.75) is 39.2 Å². The lowest BCUT2D eigenvalue weighted by Gasteiger charge is -2.19. The van der Waals surface area contributed by atoms with Gasteiger partial charge in [0.25, 0.3) is 0 Å². The first-order valence-corrected chi connectivity index (χ1v) is 8.47. The number of nitrogens with zero attached hydrogens (tertiary/aromatic N) is 3. The first kappa shape index (κ1) is 14.9. The average Bonchev–Trinajstić information content (AvgIpc) is 3.14. The van der Waals surface area contributed by atoms with E-state index in [2.05, 4.69) is 49.5 Å². The van der Waals surface area contributed by atoms with Gasteiger partial charge in [0.15, 0.2) is 0 Å². The second-order valence-electron chi connectivity index (χ2n) is 6.27. The van der Waals surface area contributed by atoms with Gasteiger partial charge in [0.05, 0.1) is 18.2 Å². The highest BCUT2D eigenvalue weighted by atomic mass is 15.0. The fraction of sp³-hybridized carbons (Fsp3) is 0.316. The van der Waals surface area contributed by atoms with Gasteiger partial charge in [0.2, 0.25) is 0 Å². The second-order valence-corrected chi connectivity index (χ2v) is 6.27. The maximum absolute atomic E-state index is 4.62. The van der Waals surface area contributed by atoms with E-state index >= 15 is 0 Å². The van der Waals surface area contributed by atoms with Crippen molar-refractivity contribution in [3.8, 4) is 11.3 Å². The number of aromatic nitrogens is 4. The lowest BCUT2D eigenvalue weighted by atomic mass is 9.96. The molecule has 24 heavy (non-hydrogen) atoms. The molecule has 122 valence electrons. The van der Waals surface area contributed by atoms with E-state index in [9.17, 15) is 0 Å². The number of anilines is 1. The van der Waals surface area contributed by atoms with Crippen LogP contribution in [0.4, 0.5) is 5.82 Å². The van der Waals surface area contributed by atoms with Gasteiger partial charge in [-0.25, -0.2) is 15.0 Å². The molecule has 2 N–H and O–H groups in total. The largest absolute Gasteiger partial charge is 0.366 e. The molecule has 0 saturated heterocycles. The Bertz CT molecular complexity index is 822. The summed E-state index contributed by atoms with van der Waals surface area (Å²) < 4.78 is 0. The first-order valence-electron chi connectivity index (χ1n) is 8.47. The number of benzene rings is 1. The Morgan fingerprint density at radius 2 is 1.92 bits per heavy atom. The van der Waals surface area contributed by atoms with Crippen molar-refractivity contribution in [2.75, 3.05) is 5.32 Å². The predicted octanol–water partition coefficient (Wildman–Crippen LogP) is 3.67. The third-order valence-electron chi connectivity index (χ3n) is 4.52. The van der Waals surface area contributed by atoms with E-state index in [0.29, 0.717) is 0 Å². The van der Waals surface area contributed by atoms with Crippen LogP contribution in [0.25, 0.3) is 11.3 Å². The number of rotatable bonds is 4. The predicted molar refractivity (Wildman–Crippen MR) is 94.8 cm³/mol. The summed E-state index contributed by atoms with van der Waals surface area (Å²) in [6.45, 7) is 2.74. The Labute approximate surface area is 141 Å². The molecule has 1 aromatic carbocycles. The van der Waals surface area contributed by atoms with E-state index in [1.807, 2.05) is 13.1 Å². The summed E-state index contributed by atoms with van der Waals surface area (Å²) >= 11 is 0. The van der Waals surface area contributed by atoms with Crippen LogP contribution in [0.5, 0.6) is 0 Å². The molecule has 1 aliphatic rings. The molecule has 2 heterocycles. The normalized spacial score (nSPS) is 13.5. The number of hydrogen-bond donors (Lipinski definition) is 2. The molecule has 0 spiro atoms. The van der Waals surface area contributed by atoms with Gasteiger partial charge in [0, 0.05) is 17.8 Å². The highest BCUT2D eigenvalue weighted by molar-refractivity contribution is 5.58. The van der Waals surface area contributed by atoms with E-state index < -0.39 is 0 Å². The van der Waals surface area contributed by atoms with Gasteiger partial charge in [-0.2, -0.15) is 0 Å². The highest BCUT2D eigenvalue weighted by Gasteiger charge is 2.16. The minimum atomic E-state index is 0.770. The number of H-pyrrole nitrogens is 1. The summed E-state index contributed by atoms with van der Waals surface area (Å²) in [6, 6.07) is 8.52. The van der Waals surface area contributed by atoms with Crippen LogP contribution < -0.4 is 5.32 Å². The van der Waals surface area contributed by atoms with Crippen LogP contribution in [-0.4, -0.2) is 19.9 Å². The minimum Gasteiger partial charge on any atom is -0.366 e. The van der Waals surface area contributed by atoms with Crippen LogP contribution in [0.15, 0.2) is 36.8 Å². The van der Waals surface area contributed by atoms with E-state index in [1.54, 1.807) is 6.33 Å². The molecular formula is C19H21N5. The second kappa shape index (κ2) is 6.43. The zero-order valence-corrected chi connectivity index (χ0v) is 13.8. The SMILES string of the molecule is Cc1nc2c(c(NCc3ccc(-c4cnc[nH]4)cc3)n1)CCCC2. The summed E-state index contributed by atoms with van der Waals surface area (Å²) in [5, 5.41) is 3.51. The third kappa shape index (κ3) is 3.02. The van der Waals surface area contributed by atoms with Gasteiger partial charge in [0.1, 0.15) is 11.6 Å². The first-order chi connectivity index (χ1) is 11.8. The van der Waals surface area contributed by atoms with E-state index in [-0.39, 0.29) is 0 Å². The Balaban J connectivity index is 1.50. The number of imidazole rings is 1. The molecular weight excluding hydrogens is 298 g/mol. The average molecular weight is 319 g/mol. The van der Waals surface area contributed by atoms with Crippen LogP contribution >= 0.6 is 0 Å². The molecule has 0 bridgehead atoms. The molecule has 5 heteroatoms. The Morgan fingerprint density at radius 3 is 2.71 bits per heavy atom. The van der Waals surface area contributed by atoms with Crippen molar-refractivity contribution >= 4 is 5.82 Å². The fourth-order valence-electron chi connectivity index (χ4n) is 3.27. The topological polar surface area (TPSA) is 66.5 Å². The molecule has 1 aliphatic carbocycles. The fourth-order valence-corrected chi connectivity index (χ4v) is 3.27. The van der Waals surface area contributed by atoms with E-state index in [0.717, 1.165) is 42.3 Å². The Morgan fingerprint density at radius 1 is 1.08 bits per heavy atom. The van der Waals surface area contributed by atoms with Gasteiger partial charge in [-0.05, 0) is 43.7 Å². The zero-order chi connectivity index (χ0) is 16.4. The summed E-state index contributed by atoms with van der Waals surface area (Å²) in [5.41, 5.74) is 5.95. The van der Waals surface area contributed by atoms with Crippen LogP contribution in [0.3, 0.4) is 0 Å². The number of hydrogen-bond acceptors (Lipinski definition) is 4. The Hall–Kier alpha value is -2.69. The zero-order valence-electron chi connectivity index (χ0n) is 13.8. The molecule has 0 aliphatic heterocycles. The molecule has 5 nitrogen and oxygen atoms in total. The quantitative estimate of drug-likeness (QED) is 0.770. The molecule has 0 atom stereocenters. The van der Waals surface area contributed by atoms with Crippen LogP contribution in [0.1, 0.15) is 35.5 Å². The lowest BCUT2D eigenvalue weighted by Crippen LogP contribution is -2.13. The number of nitrogens with one attached hydrogen (secondary N) is 2. The molecule has 0 amide bonds. The van der Waals surface area contributed by atoms with Crippen LogP contribution in [-0.2, 0) is 19.4 Å². The molecule has 0 fully saturated rings. The summed E-state index contributed by atoms with van der Waals surface area (Å²) in [7, 11) is 0. The van der Waals surface area contributed by atoms with Crippen LogP contribution in [0, 0.1) is 6.92 Å². The maximum Gasteiger partial charge on any atom is 0.133 e. The number of aryl methyl sites for hydroxylation is 2. The molecule has 3 aromatic rings. The van der Waals surface area contributed by atoms with Gasteiger partial charge in [-0.3, -0.25) is 0 Å². The molecule has 2 aromatic heterocycles. The van der Waals surface area contributed by atoms with Crippen molar-refractivity contribution in [1.82, 2.24) is 19.9 Å². The number of fused-ring (bicyclic) bond motifs is 1. The maximum atomic E-state index is 4.62. The van der Waals surface area contributed by atoms with Crippen molar-refractivity contribution in [3.05, 3.63) is 59.4 Å². The van der Waals surface area contributed by atoms with Gasteiger partial charge in [-0.15, -0.1) is 0 Å². The summed E-state index contributed by atoms with van der Waals surface area (Å²) in [5.74, 6) is 1.86. The standard InChI is InChI=1S/C19H21N5/c1-13-23-17-5-3-2-4-16(17)19(24-13)21-10-14-6-8-15(9-7-14)18-11-20-12-22-18/h6-9,11-12H,2-5,10H2,1H3,(H,20,22)(H,21,23,24). The van der Waals surface area contributed by atoms with Crippen LogP contribution in [0.2, 0.25) is 0 Å². The Kier molecular flexibility index (Phi) is 3.99. The minimum absolute atomic E-state index is 0.770. The van der Waals surface area contributed by atoms with Crippen molar-refractivity contribution in [3.63, 3.8) is 0 Å². The van der Waals surface area contributed by atoms with Gasteiger partial charge >= 0.3 is 0 Å².